The lowest BCUT2D eigenvalue weighted by molar-refractivity contribution is -0.143. The highest BCUT2D eigenvalue weighted by molar-refractivity contribution is 6.11. The van der Waals surface area contributed by atoms with Gasteiger partial charge in [0, 0.05) is 44.2 Å². The van der Waals surface area contributed by atoms with Gasteiger partial charge in [0.25, 0.3) is 0 Å². The van der Waals surface area contributed by atoms with Gasteiger partial charge in [0.2, 0.25) is 0 Å². The van der Waals surface area contributed by atoms with Gasteiger partial charge >= 0.3 is 12.4 Å². The van der Waals surface area contributed by atoms with Crippen LogP contribution >= 0.6 is 0 Å². The molecule has 4 nitrogen and oxygen atoms in total. The molecule has 8 aromatic carbocycles. The predicted octanol–water partition coefficient (Wildman–Crippen LogP) is 19.3. The summed E-state index contributed by atoms with van der Waals surface area (Å²) in [5, 5.41) is 0.840. The lowest BCUT2D eigenvalue weighted by atomic mass is 9.75. The third kappa shape index (κ3) is 9.59. The summed E-state index contributed by atoms with van der Waals surface area (Å²) in [7, 11) is 3.10. The van der Waals surface area contributed by atoms with Crippen molar-refractivity contribution >= 4 is 22.6 Å². The van der Waals surface area contributed by atoms with Crippen LogP contribution in [0.5, 0.6) is 17.2 Å². The molecule has 1 saturated carbocycles. The van der Waals surface area contributed by atoms with Crippen LogP contribution in [-0.4, -0.2) is 20.0 Å². The zero-order chi connectivity index (χ0) is 55.6. The van der Waals surface area contributed by atoms with Gasteiger partial charge in [0.15, 0.2) is 11.4 Å². The second-order valence-electron chi connectivity index (χ2n) is 22.2. The average Bonchev–Trinajstić information content (AvgIpc) is 2.80. The van der Waals surface area contributed by atoms with Crippen molar-refractivity contribution in [2.24, 2.45) is 5.92 Å². The molecule has 8 aromatic rings. The number of unbranched alkanes of at least 4 members (excludes halogenated alkanes) is 2. The van der Waals surface area contributed by atoms with Crippen LogP contribution < -0.4 is 14.2 Å². The summed E-state index contributed by atoms with van der Waals surface area (Å²) >= 11 is 0. The Labute approximate surface area is 458 Å². The van der Waals surface area contributed by atoms with Crippen molar-refractivity contribution in [1.82, 2.24) is 0 Å². The number of aryl methyl sites for hydroxylation is 1. The molecule has 2 aliphatic carbocycles. The quantitative estimate of drug-likeness (QED) is 0.0656. The van der Waals surface area contributed by atoms with Crippen molar-refractivity contribution in [2.45, 2.75) is 108 Å². The molecule has 0 saturated heterocycles. The van der Waals surface area contributed by atoms with E-state index in [2.05, 4.69) is 19.1 Å². The monoisotopic (exact) mass is 1070 g/mol. The van der Waals surface area contributed by atoms with Gasteiger partial charge < -0.3 is 14.2 Å². The number of hydrogen-bond acceptors (Lipinski definition) is 4. The number of ether oxygens (including phenoxy) is 3. The molecule has 1 heterocycles. The summed E-state index contributed by atoms with van der Waals surface area (Å²) in [5.74, 6) is 2.68. The maximum atomic E-state index is 15.3. The van der Waals surface area contributed by atoms with Crippen LogP contribution in [0.2, 0.25) is 0 Å². The van der Waals surface area contributed by atoms with Crippen molar-refractivity contribution in [2.75, 3.05) is 14.2 Å². The van der Waals surface area contributed by atoms with Crippen LogP contribution in [0, 0.1) is 12.8 Å². The number of benzene rings is 8. The SMILES string of the molecule is CCCCCC1CCC(c2ccc(C(=O)c3ccc(-c4ccc(-c5cc6c7c(c8c(c6cc5OC)OC(c5ccccc5)(c5ccc(OC)cc5)C=C8)C(C)(C)c5c-7cc(C(F)(F)F)cc5C(F)(F)F)c(C)c4)cc3)cc2)CC1. The fourth-order valence-electron chi connectivity index (χ4n) is 13.0. The molecule has 1 fully saturated rings. The number of methoxy groups -OCH3 is 2. The van der Waals surface area contributed by atoms with E-state index in [1.165, 1.54) is 64.0 Å². The van der Waals surface area contributed by atoms with Gasteiger partial charge in [0.05, 0.1) is 25.3 Å². The number of halogens is 6. The van der Waals surface area contributed by atoms with Gasteiger partial charge in [-0.15, -0.1) is 0 Å². The molecule has 0 radical (unpaired) electrons. The van der Waals surface area contributed by atoms with E-state index >= 15 is 13.2 Å². The molecule has 404 valence electrons. The van der Waals surface area contributed by atoms with Crippen LogP contribution in [0.4, 0.5) is 26.3 Å². The first kappa shape index (κ1) is 53.4. The van der Waals surface area contributed by atoms with Gasteiger partial charge in [-0.1, -0.05) is 162 Å². The molecule has 0 amide bonds. The van der Waals surface area contributed by atoms with Crippen molar-refractivity contribution in [3.05, 3.63) is 213 Å². The van der Waals surface area contributed by atoms with Crippen molar-refractivity contribution in [1.29, 1.82) is 0 Å². The molecule has 0 aromatic heterocycles. The first-order valence-corrected chi connectivity index (χ1v) is 27.3. The standard InChI is InChI=1S/C69H62F6O4/c1-7-8-10-13-42-16-18-43(19-17-42)44-20-24-46(25-21-44)64(76)47-26-22-45(23-27-47)48-28-33-53(41(2)36-48)55-39-56-57(40-60(55)78-6)65-54(34-35-67(79-65,49-14-11-9-12-15-49)50-29-31-52(77-5)32-30-50)63-61(56)58-37-51(68(70,71)72)38-59(69(73,74)75)62(58)66(63,3)4/h9,11-12,14-15,20-40,42-43H,7-8,10,13,16-19H2,1-6H3. The molecule has 10 heteroatoms. The van der Waals surface area contributed by atoms with Crippen LogP contribution in [0.1, 0.15) is 144 Å². The minimum Gasteiger partial charge on any atom is -0.497 e. The van der Waals surface area contributed by atoms with E-state index < -0.39 is 34.5 Å². The first-order chi connectivity index (χ1) is 37.8. The minimum atomic E-state index is -5.12. The first-order valence-electron chi connectivity index (χ1n) is 27.3. The molecule has 79 heavy (non-hydrogen) atoms. The highest BCUT2D eigenvalue weighted by atomic mass is 19.4. The Kier molecular flexibility index (Phi) is 13.9. The number of alkyl halides is 6. The molecule has 11 rings (SSSR count). The van der Waals surface area contributed by atoms with E-state index in [-0.39, 0.29) is 28.5 Å². The Balaban J connectivity index is 0.993. The van der Waals surface area contributed by atoms with Crippen LogP contribution in [-0.2, 0) is 23.4 Å². The van der Waals surface area contributed by atoms with E-state index in [0.29, 0.717) is 61.8 Å². The fourth-order valence-corrected chi connectivity index (χ4v) is 13.0. The zero-order valence-electron chi connectivity index (χ0n) is 45.2. The van der Waals surface area contributed by atoms with E-state index in [1.807, 2.05) is 134 Å². The van der Waals surface area contributed by atoms with E-state index in [1.54, 1.807) is 27.0 Å². The van der Waals surface area contributed by atoms with E-state index in [9.17, 15) is 18.0 Å². The molecular weight excluding hydrogens is 1010 g/mol. The minimum absolute atomic E-state index is 0.0522. The van der Waals surface area contributed by atoms with Gasteiger partial charge in [-0.25, -0.2) is 0 Å². The summed E-state index contributed by atoms with van der Waals surface area (Å²) < 4.78 is 110. The van der Waals surface area contributed by atoms with Gasteiger partial charge in [0.1, 0.15) is 17.2 Å². The van der Waals surface area contributed by atoms with Crippen LogP contribution in [0.15, 0.2) is 152 Å². The van der Waals surface area contributed by atoms with Crippen molar-refractivity contribution in [3.63, 3.8) is 0 Å². The smallest absolute Gasteiger partial charge is 0.416 e. The summed E-state index contributed by atoms with van der Waals surface area (Å²) in [6, 6.07) is 43.3. The summed E-state index contributed by atoms with van der Waals surface area (Å²) in [5.41, 5.74) is 3.18. The highest BCUT2D eigenvalue weighted by Gasteiger charge is 2.50. The van der Waals surface area contributed by atoms with Gasteiger partial charge in [-0.3, -0.25) is 4.79 Å². The normalized spacial score (nSPS) is 18.4. The number of ketones is 1. The highest BCUT2D eigenvalue weighted by Crippen LogP contribution is 2.62. The average molecular weight is 1070 g/mol. The third-order valence-electron chi connectivity index (χ3n) is 17.1. The Hall–Kier alpha value is -7.59. The van der Waals surface area contributed by atoms with Crippen LogP contribution in [0.3, 0.4) is 0 Å². The molecule has 0 N–H and O–H groups in total. The molecule has 3 aliphatic rings. The largest absolute Gasteiger partial charge is 0.497 e. The zero-order valence-corrected chi connectivity index (χ0v) is 45.2. The maximum Gasteiger partial charge on any atom is 0.416 e. The third-order valence-corrected chi connectivity index (χ3v) is 17.1. The van der Waals surface area contributed by atoms with Crippen molar-refractivity contribution < 1.29 is 45.3 Å². The number of rotatable bonds is 13. The summed E-state index contributed by atoms with van der Waals surface area (Å²) in [6.07, 6.45) is 3.65. The van der Waals surface area contributed by atoms with E-state index in [0.717, 1.165) is 45.4 Å². The molecule has 1 atom stereocenters. The van der Waals surface area contributed by atoms with Crippen LogP contribution in [0.25, 0.3) is 50.2 Å². The second-order valence-corrected chi connectivity index (χ2v) is 22.2. The summed E-state index contributed by atoms with van der Waals surface area (Å²) in [4.78, 5) is 13.8. The Morgan fingerprint density at radius 3 is 1.92 bits per heavy atom. The second kappa shape index (κ2) is 20.6. The topological polar surface area (TPSA) is 44.8 Å². The summed E-state index contributed by atoms with van der Waals surface area (Å²) in [6.45, 7) is 7.47. The Bertz CT molecular complexity index is 3640. The number of hydrogen-bond donors (Lipinski definition) is 0. The fraction of sp³-hybridized carbons (Fsp3) is 0.290. The molecule has 0 spiro atoms. The molecule has 0 bridgehead atoms. The molecule has 1 unspecified atom stereocenters. The maximum absolute atomic E-state index is 15.3. The van der Waals surface area contributed by atoms with Gasteiger partial charge in [-0.2, -0.15) is 26.3 Å². The van der Waals surface area contributed by atoms with Gasteiger partial charge in [-0.05, 0) is 142 Å². The molecular formula is C69H62F6O4. The number of carbonyl (C=O) groups excluding carboxylic acids is 1. The predicted molar refractivity (Wildman–Crippen MR) is 302 cm³/mol. The lowest BCUT2D eigenvalue weighted by Crippen LogP contribution is -2.35. The number of fused-ring (bicyclic) bond motifs is 8. The lowest BCUT2D eigenvalue weighted by Gasteiger charge is -2.38. The van der Waals surface area contributed by atoms with Crippen molar-refractivity contribution in [3.8, 4) is 50.6 Å². The Morgan fingerprint density at radius 1 is 0.646 bits per heavy atom. The van der Waals surface area contributed by atoms with E-state index in [4.69, 9.17) is 14.2 Å². The Morgan fingerprint density at radius 2 is 1.30 bits per heavy atom. The number of carbonyl (C=O) groups is 1. The molecule has 1 aliphatic heterocycles.